The normalized spacial score (nSPS) is 18.8. The maximum absolute atomic E-state index is 10.3. The van der Waals surface area contributed by atoms with Crippen molar-refractivity contribution in [2.24, 2.45) is 0 Å². The van der Waals surface area contributed by atoms with E-state index in [1.807, 2.05) is 0 Å². The Bertz CT molecular complexity index is 78.1. The summed E-state index contributed by atoms with van der Waals surface area (Å²) in [7, 11) is 0. The number of carbonyl (C=O) groups excluding carboxylic acids is 1. The van der Waals surface area contributed by atoms with Gasteiger partial charge in [0.2, 0.25) is 5.91 Å². The monoisotopic (exact) mass is 120 g/mol. The minimum atomic E-state index is 0. The number of nitrogens with one attached hydrogen (secondary N) is 2. The molecule has 2 N–H and O–H groups in total. The lowest BCUT2D eigenvalue weighted by Gasteiger charge is -2.11. The van der Waals surface area contributed by atoms with Crippen LogP contribution < -0.4 is 10.6 Å². The van der Waals surface area contributed by atoms with Gasteiger partial charge in [0.25, 0.3) is 0 Å². The van der Waals surface area contributed by atoms with Crippen molar-refractivity contribution >= 4 is 5.91 Å². The molecule has 4 heteroatoms. The Labute approximate surface area is 46.8 Å². The van der Waals surface area contributed by atoms with Gasteiger partial charge in [0.15, 0.2) is 0 Å². The van der Waals surface area contributed by atoms with Crippen LogP contribution in [0.3, 0.4) is 0 Å². The standard InChI is InChI=1S/C4H8N2O.FH/c7-4-3-5-1-2-6-4;/h5H,1-3H2,(H,6,7);1H. The van der Waals surface area contributed by atoms with Gasteiger partial charge < -0.3 is 10.6 Å². The Kier molecular flexibility index (Phi) is 3.10. The van der Waals surface area contributed by atoms with E-state index in [0.717, 1.165) is 13.1 Å². The molecule has 0 bridgehead atoms. The summed E-state index contributed by atoms with van der Waals surface area (Å²) in [6, 6.07) is 0. The SMILES string of the molecule is F.O=C1CNCCN1. The molecule has 1 amide bonds. The zero-order valence-electron chi connectivity index (χ0n) is 4.44. The molecule has 48 valence electrons. The molecule has 0 atom stereocenters. The topological polar surface area (TPSA) is 41.1 Å². The summed E-state index contributed by atoms with van der Waals surface area (Å²) in [5.41, 5.74) is 0. The fourth-order valence-electron chi connectivity index (χ4n) is 0.555. The number of piperazine rings is 1. The molecule has 0 aromatic rings. The molecule has 1 heterocycles. The molecule has 1 aliphatic heterocycles. The molecule has 0 aliphatic carbocycles. The molecule has 8 heavy (non-hydrogen) atoms. The van der Waals surface area contributed by atoms with Crippen LogP contribution in [0.4, 0.5) is 4.70 Å². The first kappa shape index (κ1) is 7.36. The van der Waals surface area contributed by atoms with E-state index in [2.05, 4.69) is 10.6 Å². The van der Waals surface area contributed by atoms with Gasteiger partial charge >= 0.3 is 0 Å². The Morgan fingerprint density at radius 2 is 2.12 bits per heavy atom. The van der Waals surface area contributed by atoms with Gasteiger partial charge in [-0.15, -0.1) is 0 Å². The van der Waals surface area contributed by atoms with Crippen LogP contribution in [0.25, 0.3) is 0 Å². The summed E-state index contributed by atoms with van der Waals surface area (Å²) < 4.78 is 0. The van der Waals surface area contributed by atoms with E-state index < -0.39 is 0 Å². The van der Waals surface area contributed by atoms with Crippen LogP contribution in [0.1, 0.15) is 0 Å². The van der Waals surface area contributed by atoms with Crippen molar-refractivity contribution in [3.63, 3.8) is 0 Å². The Morgan fingerprint density at radius 3 is 2.38 bits per heavy atom. The largest absolute Gasteiger partial charge is 0.354 e. The minimum absolute atomic E-state index is 0. The molecular formula is C4H9FN2O. The number of halogens is 1. The molecule has 1 saturated heterocycles. The summed E-state index contributed by atoms with van der Waals surface area (Å²) in [6.45, 7) is 2.17. The zero-order chi connectivity index (χ0) is 5.11. The maximum atomic E-state index is 10.3. The highest BCUT2D eigenvalue weighted by atomic mass is 19.0. The third-order valence-electron chi connectivity index (χ3n) is 0.910. The molecule has 1 rings (SSSR count). The first-order valence-corrected chi connectivity index (χ1v) is 2.37. The van der Waals surface area contributed by atoms with Crippen LogP contribution >= 0.6 is 0 Å². The van der Waals surface area contributed by atoms with Crippen molar-refractivity contribution in [3.05, 3.63) is 0 Å². The lowest BCUT2D eigenvalue weighted by Crippen LogP contribution is -2.44. The zero-order valence-corrected chi connectivity index (χ0v) is 4.44. The first-order chi connectivity index (χ1) is 3.39. The molecule has 0 spiro atoms. The fraction of sp³-hybridized carbons (Fsp3) is 0.750. The van der Waals surface area contributed by atoms with Crippen LogP contribution in [-0.2, 0) is 4.79 Å². The maximum Gasteiger partial charge on any atom is 0.234 e. The average Bonchev–Trinajstić information content (AvgIpc) is 1.69. The van der Waals surface area contributed by atoms with E-state index >= 15 is 0 Å². The predicted molar refractivity (Wildman–Crippen MR) is 28.4 cm³/mol. The van der Waals surface area contributed by atoms with Crippen molar-refractivity contribution < 1.29 is 9.50 Å². The highest BCUT2D eigenvalue weighted by Crippen LogP contribution is 1.69. The Balaban J connectivity index is 0.000000490. The van der Waals surface area contributed by atoms with Crippen molar-refractivity contribution in [2.75, 3.05) is 19.6 Å². The van der Waals surface area contributed by atoms with Gasteiger partial charge in [-0.25, -0.2) is 0 Å². The summed E-state index contributed by atoms with van der Waals surface area (Å²) in [5.74, 6) is 0.103. The van der Waals surface area contributed by atoms with E-state index in [9.17, 15) is 4.79 Å². The van der Waals surface area contributed by atoms with E-state index in [4.69, 9.17) is 0 Å². The van der Waals surface area contributed by atoms with E-state index in [1.165, 1.54) is 0 Å². The van der Waals surface area contributed by atoms with Gasteiger partial charge in [-0.2, -0.15) is 0 Å². The third kappa shape index (κ3) is 1.88. The molecule has 3 nitrogen and oxygen atoms in total. The van der Waals surface area contributed by atoms with Gasteiger partial charge in [-0.3, -0.25) is 9.50 Å². The van der Waals surface area contributed by atoms with Crippen LogP contribution in [0, 0.1) is 0 Å². The second-order valence-corrected chi connectivity index (χ2v) is 1.53. The van der Waals surface area contributed by atoms with Gasteiger partial charge in [0.1, 0.15) is 0 Å². The molecule has 1 fully saturated rings. The number of rotatable bonds is 0. The molecule has 0 saturated carbocycles. The first-order valence-electron chi connectivity index (χ1n) is 2.37. The predicted octanol–water partition coefficient (Wildman–Crippen LogP) is -1.14. The van der Waals surface area contributed by atoms with E-state index in [0.29, 0.717) is 6.54 Å². The van der Waals surface area contributed by atoms with Crippen molar-refractivity contribution in [1.82, 2.24) is 10.6 Å². The van der Waals surface area contributed by atoms with Crippen molar-refractivity contribution in [3.8, 4) is 0 Å². The van der Waals surface area contributed by atoms with Crippen LogP contribution in [0.5, 0.6) is 0 Å². The van der Waals surface area contributed by atoms with Gasteiger partial charge in [-0.05, 0) is 0 Å². The fourth-order valence-corrected chi connectivity index (χ4v) is 0.555. The summed E-state index contributed by atoms with van der Waals surface area (Å²) >= 11 is 0. The highest BCUT2D eigenvalue weighted by molar-refractivity contribution is 5.78. The van der Waals surface area contributed by atoms with Gasteiger partial charge in [0.05, 0.1) is 6.54 Å². The number of hydrogen-bond acceptors (Lipinski definition) is 2. The molecule has 0 unspecified atom stereocenters. The van der Waals surface area contributed by atoms with Crippen LogP contribution in [-0.4, -0.2) is 25.5 Å². The van der Waals surface area contributed by atoms with Gasteiger partial charge in [0, 0.05) is 13.1 Å². The third-order valence-corrected chi connectivity index (χ3v) is 0.910. The quantitative estimate of drug-likeness (QED) is 0.424. The Hall–Kier alpha value is -0.640. The lowest BCUT2D eigenvalue weighted by atomic mass is 10.4. The van der Waals surface area contributed by atoms with E-state index in [1.54, 1.807) is 0 Å². The number of carbonyl (C=O) groups is 1. The molecule has 0 aromatic carbocycles. The second-order valence-electron chi connectivity index (χ2n) is 1.53. The molecule has 0 radical (unpaired) electrons. The molecule has 0 aromatic heterocycles. The Morgan fingerprint density at radius 1 is 1.38 bits per heavy atom. The average molecular weight is 120 g/mol. The van der Waals surface area contributed by atoms with Crippen molar-refractivity contribution in [2.45, 2.75) is 0 Å². The smallest absolute Gasteiger partial charge is 0.234 e. The second kappa shape index (κ2) is 3.37. The number of hydrogen-bond donors (Lipinski definition) is 2. The lowest BCUT2D eigenvalue weighted by molar-refractivity contribution is -0.121. The molecule has 1 aliphatic rings. The van der Waals surface area contributed by atoms with Crippen molar-refractivity contribution in [1.29, 1.82) is 0 Å². The molecular weight excluding hydrogens is 111 g/mol. The van der Waals surface area contributed by atoms with E-state index in [-0.39, 0.29) is 10.6 Å². The highest BCUT2D eigenvalue weighted by Gasteiger charge is 2.02. The van der Waals surface area contributed by atoms with Crippen LogP contribution in [0.2, 0.25) is 0 Å². The van der Waals surface area contributed by atoms with Crippen LogP contribution in [0.15, 0.2) is 0 Å². The summed E-state index contributed by atoms with van der Waals surface area (Å²) in [5, 5.41) is 5.60. The number of amides is 1. The summed E-state index contributed by atoms with van der Waals surface area (Å²) in [6.07, 6.45) is 0. The van der Waals surface area contributed by atoms with Gasteiger partial charge in [-0.1, -0.05) is 0 Å². The summed E-state index contributed by atoms with van der Waals surface area (Å²) in [4.78, 5) is 10.3. The minimum Gasteiger partial charge on any atom is -0.354 e.